The Morgan fingerprint density at radius 3 is 2.52 bits per heavy atom. The minimum absolute atomic E-state index is 0.110. The molecular formula is C29H30ClN3O6S. The van der Waals surface area contributed by atoms with Crippen LogP contribution < -0.4 is 9.64 Å². The fourth-order valence-corrected chi connectivity index (χ4v) is 6.02. The number of amides is 1. The molecule has 3 aromatic carbocycles. The summed E-state index contributed by atoms with van der Waals surface area (Å²) in [6.45, 7) is 3.93. The molecule has 0 fully saturated rings. The van der Waals surface area contributed by atoms with Crippen LogP contribution in [0.1, 0.15) is 34.5 Å². The molecule has 0 aromatic heterocycles. The molecule has 2 unspecified atom stereocenters. The summed E-state index contributed by atoms with van der Waals surface area (Å²) in [6, 6.07) is 18.5. The monoisotopic (exact) mass is 583 g/mol. The third kappa shape index (κ3) is 6.57. The second-order valence-corrected chi connectivity index (χ2v) is 10.9. The predicted molar refractivity (Wildman–Crippen MR) is 155 cm³/mol. The average Bonchev–Trinajstić information content (AvgIpc) is 3.06. The van der Waals surface area contributed by atoms with Gasteiger partial charge in [0.1, 0.15) is 11.3 Å². The molecule has 1 aliphatic rings. The molecule has 1 amide bonds. The van der Waals surface area contributed by atoms with Crippen molar-refractivity contribution < 1.29 is 24.0 Å². The lowest BCUT2D eigenvalue weighted by Crippen LogP contribution is -2.45. The number of para-hydroxylation sites is 1. The van der Waals surface area contributed by atoms with E-state index in [2.05, 4.69) is 11.8 Å². The lowest BCUT2D eigenvalue weighted by molar-refractivity contribution is -0.385. The van der Waals surface area contributed by atoms with Crippen molar-refractivity contribution in [2.24, 2.45) is 0 Å². The van der Waals surface area contributed by atoms with Gasteiger partial charge in [0.15, 0.2) is 6.10 Å². The van der Waals surface area contributed by atoms with Crippen LogP contribution >= 0.6 is 23.4 Å². The Hall–Kier alpha value is -3.60. The second kappa shape index (κ2) is 13.2. The number of likely N-dealkylation sites (N-methyl/N-ethyl adjacent to an activating group) is 1. The van der Waals surface area contributed by atoms with Crippen molar-refractivity contribution in [3.8, 4) is 5.75 Å². The molecule has 3 aromatic rings. The number of nitro benzene ring substituents is 1. The van der Waals surface area contributed by atoms with Gasteiger partial charge in [0.25, 0.3) is 11.6 Å². The van der Waals surface area contributed by atoms with Crippen LogP contribution in [0.2, 0.25) is 5.02 Å². The van der Waals surface area contributed by atoms with E-state index < -0.39 is 33.8 Å². The number of methoxy groups -OCH3 is 1. The Bertz CT molecular complexity index is 1390. The molecular weight excluding hydrogens is 554 g/mol. The molecule has 9 nitrogen and oxygen atoms in total. The van der Waals surface area contributed by atoms with E-state index in [-0.39, 0.29) is 10.6 Å². The molecule has 1 aliphatic heterocycles. The number of hydrogen-bond acceptors (Lipinski definition) is 8. The summed E-state index contributed by atoms with van der Waals surface area (Å²) in [5.74, 6) is -0.747. The maximum atomic E-state index is 14.3. The number of carbonyl (C=O) groups excluding carboxylic acids is 2. The fraction of sp³-hybridized carbons (Fsp3) is 0.310. The molecule has 0 spiro atoms. The highest BCUT2D eigenvalue weighted by molar-refractivity contribution is 7.99. The maximum absolute atomic E-state index is 14.3. The standard InChI is InChI=1S/C29H30ClN3O6S/c1-4-15-31(2)16-17-32-23-7-5-6-8-25(23)40-27(19-9-12-21(38-3)13-10-19)26(28(32)34)39-29(35)22-14-11-20(30)18-24(22)33(36)37/h5-14,18,26-27H,4,15-17H2,1-3H3. The number of carbonyl (C=O) groups is 2. The number of thioether (sulfide) groups is 1. The number of fused-ring (bicyclic) bond motifs is 1. The van der Waals surface area contributed by atoms with Crippen molar-refractivity contribution >= 4 is 46.6 Å². The van der Waals surface area contributed by atoms with E-state index >= 15 is 0 Å². The highest BCUT2D eigenvalue weighted by Crippen LogP contribution is 2.47. The summed E-state index contributed by atoms with van der Waals surface area (Å²) in [5, 5.41) is 11.2. The minimum atomic E-state index is -1.27. The van der Waals surface area contributed by atoms with Crippen LogP contribution in [0.5, 0.6) is 5.75 Å². The summed E-state index contributed by atoms with van der Waals surface area (Å²) < 4.78 is 11.2. The number of nitro groups is 1. The van der Waals surface area contributed by atoms with Gasteiger partial charge in [-0.2, -0.15) is 0 Å². The van der Waals surface area contributed by atoms with Gasteiger partial charge in [-0.3, -0.25) is 14.9 Å². The molecule has 0 saturated carbocycles. The molecule has 0 radical (unpaired) electrons. The van der Waals surface area contributed by atoms with Crippen molar-refractivity contribution in [2.75, 3.05) is 38.7 Å². The summed E-state index contributed by atoms with van der Waals surface area (Å²) in [5.41, 5.74) is 0.685. The minimum Gasteiger partial charge on any atom is -0.497 e. The predicted octanol–water partition coefficient (Wildman–Crippen LogP) is 6.00. The zero-order valence-electron chi connectivity index (χ0n) is 22.4. The number of benzene rings is 3. The number of halogens is 1. The molecule has 0 bridgehead atoms. The third-order valence-corrected chi connectivity index (χ3v) is 8.17. The van der Waals surface area contributed by atoms with Gasteiger partial charge in [0.05, 0.1) is 23.0 Å². The van der Waals surface area contributed by atoms with E-state index in [4.69, 9.17) is 21.1 Å². The van der Waals surface area contributed by atoms with Gasteiger partial charge in [-0.05, 0) is 62.0 Å². The summed E-state index contributed by atoms with van der Waals surface area (Å²) in [6.07, 6.45) is -0.304. The Kier molecular flexibility index (Phi) is 9.67. The lowest BCUT2D eigenvalue weighted by atomic mass is 10.0. The topological polar surface area (TPSA) is 102 Å². The zero-order valence-corrected chi connectivity index (χ0v) is 24.0. The Morgan fingerprint density at radius 2 is 1.85 bits per heavy atom. The third-order valence-electron chi connectivity index (χ3n) is 6.56. The highest BCUT2D eigenvalue weighted by Gasteiger charge is 2.42. The lowest BCUT2D eigenvalue weighted by Gasteiger charge is -2.29. The number of hydrogen-bond donors (Lipinski definition) is 0. The number of esters is 1. The van der Waals surface area contributed by atoms with E-state index in [1.54, 1.807) is 24.1 Å². The number of nitrogens with zero attached hydrogens (tertiary/aromatic N) is 3. The van der Waals surface area contributed by atoms with E-state index in [0.717, 1.165) is 35.2 Å². The maximum Gasteiger partial charge on any atom is 0.346 e. The van der Waals surface area contributed by atoms with Gasteiger partial charge in [0.2, 0.25) is 0 Å². The van der Waals surface area contributed by atoms with Gasteiger partial charge in [-0.15, -0.1) is 11.8 Å². The molecule has 0 N–H and O–H groups in total. The molecule has 2 atom stereocenters. The molecule has 4 rings (SSSR count). The van der Waals surface area contributed by atoms with Crippen LogP contribution in [-0.4, -0.2) is 61.6 Å². The molecule has 40 heavy (non-hydrogen) atoms. The number of rotatable bonds is 10. The summed E-state index contributed by atoms with van der Waals surface area (Å²) >= 11 is 7.35. The first-order chi connectivity index (χ1) is 19.2. The van der Waals surface area contributed by atoms with Crippen LogP contribution in [0.4, 0.5) is 11.4 Å². The van der Waals surface area contributed by atoms with E-state index in [0.29, 0.717) is 18.8 Å². The van der Waals surface area contributed by atoms with Crippen molar-refractivity contribution in [1.29, 1.82) is 0 Å². The first kappa shape index (κ1) is 29.4. The van der Waals surface area contributed by atoms with Gasteiger partial charge >= 0.3 is 5.97 Å². The van der Waals surface area contributed by atoms with E-state index in [1.165, 1.54) is 23.9 Å². The van der Waals surface area contributed by atoms with Crippen LogP contribution in [0.3, 0.4) is 0 Å². The zero-order chi connectivity index (χ0) is 28.8. The number of ether oxygens (including phenoxy) is 2. The van der Waals surface area contributed by atoms with Crippen LogP contribution in [-0.2, 0) is 9.53 Å². The Balaban J connectivity index is 1.77. The smallest absolute Gasteiger partial charge is 0.346 e. The van der Waals surface area contributed by atoms with Gasteiger partial charge in [0, 0.05) is 29.1 Å². The van der Waals surface area contributed by atoms with Crippen molar-refractivity contribution in [1.82, 2.24) is 4.90 Å². The van der Waals surface area contributed by atoms with Gasteiger partial charge < -0.3 is 19.3 Å². The van der Waals surface area contributed by atoms with Gasteiger partial charge in [-0.25, -0.2) is 4.79 Å². The van der Waals surface area contributed by atoms with Crippen LogP contribution in [0.25, 0.3) is 0 Å². The highest BCUT2D eigenvalue weighted by atomic mass is 35.5. The van der Waals surface area contributed by atoms with Crippen molar-refractivity contribution in [3.05, 3.63) is 93.0 Å². The molecule has 0 aliphatic carbocycles. The first-order valence-corrected chi connectivity index (χ1v) is 14.0. The Labute approximate surface area is 242 Å². The van der Waals surface area contributed by atoms with E-state index in [1.807, 2.05) is 43.4 Å². The average molecular weight is 584 g/mol. The van der Waals surface area contributed by atoms with Crippen molar-refractivity contribution in [2.45, 2.75) is 29.6 Å². The normalized spacial score (nSPS) is 16.8. The molecule has 210 valence electrons. The largest absolute Gasteiger partial charge is 0.497 e. The van der Waals surface area contributed by atoms with Crippen LogP contribution in [0.15, 0.2) is 71.6 Å². The summed E-state index contributed by atoms with van der Waals surface area (Å²) in [7, 11) is 3.55. The first-order valence-electron chi connectivity index (χ1n) is 12.8. The molecule has 11 heteroatoms. The molecule has 0 saturated heterocycles. The van der Waals surface area contributed by atoms with Gasteiger partial charge in [-0.1, -0.05) is 42.8 Å². The fourth-order valence-electron chi connectivity index (χ4n) is 4.53. The number of anilines is 1. The quantitative estimate of drug-likeness (QED) is 0.163. The van der Waals surface area contributed by atoms with E-state index in [9.17, 15) is 19.7 Å². The second-order valence-electron chi connectivity index (χ2n) is 9.32. The molecule has 1 heterocycles. The summed E-state index contributed by atoms with van der Waals surface area (Å²) in [4.78, 5) is 43.3. The Morgan fingerprint density at radius 1 is 1.12 bits per heavy atom. The SMILES string of the molecule is CCCN(C)CCN1C(=O)C(OC(=O)c2ccc(Cl)cc2[N+](=O)[O-])C(c2ccc(OC)cc2)Sc2ccccc21. The van der Waals surface area contributed by atoms with Crippen LogP contribution in [0, 0.1) is 10.1 Å². The van der Waals surface area contributed by atoms with Crippen molar-refractivity contribution in [3.63, 3.8) is 0 Å².